The Morgan fingerprint density at radius 3 is 2.18 bits per heavy atom. The van der Waals surface area contributed by atoms with Gasteiger partial charge < -0.3 is 10.4 Å². The van der Waals surface area contributed by atoms with Crippen molar-refractivity contribution in [3.05, 3.63) is 40.4 Å². The largest absolute Gasteiger partial charge is 0.379 e. The summed E-state index contributed by atoms with van der Waals surface area (Å²) >= 11 is 0. The fourth-order valence-corrected chi connectivity index (χ4v) is 2.26. The van der Waals surface area contributed by atoms with E-state index < -0.39 is 33.7 Å². The van der Waals surface area contributed by atoms with E-state index in [2.05, 4.69) is 5.32 Å². The third-order valence-electron chi connectivity index (χ3n) is 4.37. The highest BCUT2D eigenvalue weighted by molar-refractivity contribution is 6.02. The lowest BCUT2D eigenvalue weighted by atomic mass is 9.66. The van der Waals surface area contributed by atoms with Gasteiger partial charge >= 0.3 is 0 Å². The van der Waals surface area contributed by atoms with Gasteiger partial charge in [0.1, 0.15) is 11.2 Å². The van der Waals surface area contributed by atoms with Crippen LogP contribution in [-0.4, -0.2) is 33.4 Å². The first-order chi connectivity index (χ1) is 10.0. The number of nitro groups is 1. The van der Waals surface area contributed by atoms with Crippen LogP contribution in [0.2, 0.25) is 0 Å². The van der Waals surface area contributed by atoms with Crippen molar-refractivity contribution in [1.82, 2.24) is 0 Å². The first kappa shape index (κ1) is 17.8. The van der Waals surface area contributed by atoms with Crippen LogP contribution in [0.1, 0.15) is 27.7 Å². The number of para-hydroxylation sites is 1. The number of ketones is 1. The van der Waals surface area contributed by atoms with Gasteiger partial charge in [0.25, 0.3) is 5.91 Å². The number of nitrogens with zero attached hydrogens (tertiary/aromatic N) is 1. The summed E-state index contributed by atoms with van der Waals surface area (Å²) < 4.78 is 0. The van der Waals surface area contributed by atoms with Crippen molar-refractivity contribution in [2.45, 2.75) is 39.3 Å². The van der Waals surface area contributed by atoms with E-state index in [4.69, 9.17) is 0 Å². The van der Waals surface area contributed by atoms with E-state index in [-0.39, 0.29) is 0 Å². The highest BCUT2D eigenvalue weighted by Crippen LogP contribution is 2.38. The van der Waals surface area contributed by atoms with Crippen LogP contribution >= 0.6 is 0 Å². The van der Waals surface area contributed by atoms with Gasteiger partial charge in [-0.15, -0.1) is 0 Å². The summed E-state index contributed by atoms with van der Waals surface area (Å²) in [7, 11) is 0. The van der Waals surface area contributed by atoms with E-state index in [9.17, 15) is 24.8 Å². The molecular weight excluding hydrogens is 288 g/mol. The fraction of sp³-hybridized carbons (Fsp3) is 0.467. The molecule has 1 rings (SSSR count). The van der Waals surface area contributed by atoms with E-state index in [0.717, 1.165) is 13.8 Å². The number of rotatable bonds is 6. The molecular formula is C15H20N2O5. The minimum Gasteiger partial charge on any atom is -0.379 e. The van der Waals surface area contributed by atoms with Crippen LogP contribution in [0.4, 0.5) is 5.69 Å². The Kier molecular flexibility index (Phi) is 5.03. The first-order valence-corrected chi connectivity index (χ1v) is 6.78. The van der Waals surface area contributed by atoms with Crippen molar-refractivity contribution in [2.75, 3.05) is 5.32 Å². The van der Waals surface area contributed by atoms with Crippen LogP contribution in [0, 0.1) is 15.5 Å². The summed E-state index contributed by atoms with van der Waals surface area (Å²) in [5.74, 6) is -1.50. The minimum absolute atomic E-state index is 0.424. The van der Waals surface area contributed by atoms with Crippen LogP contribution < -0.4 is 5.32 Å². The molecule has 0 saturated heterocycles. The van der Waals surface area contributed by atoms with Gasteiger partial charge in [-0.2, -0.15) is 0 Å². The number of benzene rings is 1. The summed E-state index contributed by atoms with van der Waals surface area (Å²) in [5.41, 5.74) is -3.69. The number of aliphatic hydroxyl groups is 1. The second-order valence-electron chi connectivity index (χ2n) is 5.61. The number of amides is 1. The number of Topliss-reactive ketones (excluding diaryl/α,β-unsaturated/α-hetero) is 1. The number of hydrogen-bond acceptors (Lipinski definition) is 5. The van der Waals surface area contributed by atoms with Gasteiger partial charge in [0.15, 0.2) is 5.60 Å². The molecule has 7 heteroatoms. The number of carbonyl (C=O) groups is 2. The lowest BCUT2D eigenvalue weighted by Gasteiger charge is -2.39. The normalized spacial score (nSPS) is 17.7. The fourth-order valence-electron chi connectivity index (χ4n) is 2.26. The lowest BCUT2D eigenvalue weighted by molar-refractivity contribution is -0.537. The topological polar surface area (TPSA) is 110 Å². The molecule has 1 aromatic carbocycles. The molecule has 0 aliphatic rings. The smallest absolute Gasteiger partial charge is 0.257 e. The Bertz CT molecular complexity index is 585. The molecule has 3 unspecified atom stereocenters. The van der Waals surface area contributed by atoms with Gasteiger partial charge in [0.05, 0.1) is 0 Å². The maximum absolute atomic E-state index is 12.4. The summed E-state index contributed by atoms with van der Waals surface area (Å²) in [6, 6.07) is 6.91. The molecule has 22 heavy (non-hydrogen) atoms. The first-order valence-electron chi connectivity index (χ1n) is 6.78. The van der Waals surface area contributed by atoms with E-state index in [1.165, 1.54) is 13.8 Å². The molecule has 1 aromatic rings. The third kappa shape index (κ3) is 2.99. The average molecular weight is 308 g/mol. The predicted octanol–water partition coefficient (Wildman–Crippen LogP) is 1.64. The van der Waals surface area contributed by atoms with Gasteiger partial charge in [-0.05, 0) is 32.9 Å². The van der Waals surface area contributed by atoms with Gasteiger partial charge in [-0.1, -0.05) is 18.2 Å². The molecule has 3 atom stereocenters. The van der Waals surface area contributed by atoms with Crippen LogP contribution in [-0.2, 0) is 9.59 Å². The van der Waals surface area contributed by atoms with Crippen molar-refractivity contribution in [2.24, 2.45) is 5.41 Å². The van der Waals surface area contributed by atoms with Gasteiger partial charge in [0.2, 0.25) is 6.04 Å². The predicted molar refractivity (Wildman–Crippen MR) is 80.9 cm³/mol. The molecule has 0 saturated carbocycles. The quantitative estimate of drug-likeness (QED) is 0.613. The van der Waals surface area contributed by atoms with E-state index >= 15 is 0 Å². The average Bonchev–Trinajstić information content (AvgIpc) is 2.45. The number of anilines is 1. The van der Waals surface area contributed by atoms with Gasteiger partial charge in [-0.25, -0.2) is 0 Å². The van der Waals surface area contributed by atoms with E-state index in [0.29, 0.717) is 5.69 Å². The summed E-state index contributed by atoms with van der Waals surface area (Å²) in [6.45, 7) is 4.68. The Morgan fingerprint density at radius 2 is 1.77 bits per heavy atom. The molecule has 0 bridgehead atoms. The van der Waals surface area contributed by atoms with Gasteiger partial charge in [0, 0.05) is 17.5 Å². The molecule has 0 fully saturated rings. The van der Waals surface area contributed by atoms with Crippen molar-refractivity contribution in [3.8, 4) is 0 Å². The Hall–Kier alpha value is -2.28. The molecule has 120 valence electrons. The summed E-state index contributed by atoms with van der Waals surface area (Å²) in [5, 5.41) is 24.2. The molecule has 0 aliphatic heterocycles. The Morgan fingerprint density at radius 1 is 1.27 bits per heavy atom. The molecule has 7 nitrogen and oxygen atoms in total. The minimum atomic E-state index is -2.25. The van der Waals surface area contributed by atoms with Crippen LogP contribution in [0.3, 0.4) is 0 Å². The van der Waals surface area contributed by atoms with Crippen LogP contribution in [0.5, 0.6) is 0 Å². The zero-order chi connectivity index (χ0) is 17.1. The standard InChI is InChI=1S/C15H20N2O5/c1-10(17(21)22)14(3,11(2)18)15(4,20)13(19)16-12-8-6-5-7-9-12/h5-10,20H,1-4H3,(H,16,19). The molecule has 1 amide bonds. The van der Waals surface area contributed by atoms with Crippen molar-refractivity contribution >= 4 is 17.4 Å². The monoisotopic (exact) mass is 308 g/mol. The Balaban J connectivity index is 3.19. The number of carbonyl (C=O) groups excluding carboxylic acids is 2. The number of nitrogens with one attached hydrogen (secondary N) is 1. The maximum Gasteiger partial charge on any atom is 0.257 e. The summed E-state index contributed by atoms with van der Waals surface area (Å²) in [6.07, 6.45) is 0. The van der Waals surface area contributed by atoms with Crippen molar-refractivity contribution in [3.63, 3.8) is 0 Å². The molecule has 2 N–H and O–H groups in total. The molecule has 0 heterocycles. The van der Waals surface area contributed by atoms with Crippen LogP contribution in [0.25, 0.3) is 0 Å². The third-order valence-corrected chi connectivity index (χ3v) is 4.37. The molecule has 0 aromatic heterocycles. The highest BCUT2D eigenvalue weighted by atomic mass is 16.6. The van der Waals surface area contributed by atoms with Crippen molar-refractivity contribution in [1.29, 1.82) is 0 Å². The molecule has 0 spiro atoms. The maximum atomic E-state index is 12.4. The summed E-state index contributed by atoms with van der Waals surface area (Å²) in [4.78, 5) is 34.8. The molecule has 0 aliphatic carbocycles. The van der Waals surface area contributed by atoms with E-state index in [1.807, 2.05) is 0 Å². The second-order valence-corrected chi connectivity index (χ2v) is 5.61. The van der Waals surface area contributed by atoms with Crippen LogP contribution in [0.15, 0.2) is 30.3 Å². The lowest BCUT2D eigenvalue weighted by Crippen LogP contribution is -2.62. The highest BCUT2D eigenvalue weighted by Gasteiger charge is 2.60. The molecule has 0 radical (unpaired) electrons. The van der Waals surface area contributed by atoms with E-state index in [1.54, 1.807) is 30.3 Å². The Labute approximate surface area is 128 Å². The zero-order valence-electron chi connectivity index (χ0n) is 13.0. The zero-order valence-corrected chi connectivity index (χ0v) is 13.0. The second kappa shape index (κ2) is 6.23. The number of hydrogen-bond donors (Lipinski definition) is 2. The van der Waals surface area contributed by atoms with Crippen molar-refractivity contribution < 1.29 is 19.6 Å². The van der Waals surface area contributed by atoms with Gasteiger partial charge in [-0.3, -0.25) is 19.7 Å². The SMILES string of the molecule is CC(=O)C(C)(C(C)[N+](=O)[O-])C(C)(O)C(=O)Nc1ccccc1.